The molecule has 6 nitrogen and oxygen atoms in total. The molecular formula is C20H22FN5OS. The van der Waals surface area contributed by atoms with Gasteiger partial charge in [-0.25, -0.2) is 9.07 Å². The van der Waals surface area contributed by atoms with Crippen LogP contribution in [0.15, 0.2) is 59.8 Å². The Morgan fingerprint density at radius 3 is 2.50 bits per heavy atom. The maximum Gasteiger partial charge on any atom is 0.237 e. The van der Waals surface area contributed by atoms with Crippen LogP contribution in [0, 0.1) is 5.82 Å². The fraction of sp³-hybridized carbons (Fsp3) is 0.250. The highest BCUT2D eigenvalue weighted by Crippen LogP contribution is 2.21. The molecule has 28 heavy (non-hydrogen) atoms. The molecule has 0 aliphatic carbocycles. The average Bonchev–Trinajstić information content (AvgIpc) is 3.02. The fourth-order valence-electron chi connectivity index (χ4n) is 2.85. The zero-order chi connectivity index (χ0) is 20.1. The summed E-state index contributed by atoms with van der Waals surface area (Å²) in [7, 11) is 0. The van der Waals surface area contributed by atoms with E-state index in [4.69, 9.17) is 5.84 Å². The first kappa shape index (κ1) is 19.9. The second-order valence-electron chi connectivity index (χ2n) is 6.52. The quantitative estimate of drug-likeness (QED) is 0.487. The summed E-state index contributed by atoms with van der Waals surface area (Å²) >= 11 is 1.21. The lowest BCUT2D eigenvalue weighted by atomic mass is 10.1. The predicted molar refractivity (Wildman–Crippen MR) is 109 cm³/mol. The van der Waals surface area contributed by atoms with E-state index in [9.17, 15) is 9.18 Å². The highest BCUT2D eigenvalue weighted by atomic mass is 32.2. The van der Waals surface area contributed by atoms with E-state index in [0.717, 1.165) is 5.69 Å². The maximum atomic E-state index is 13.8. The first-order valence-corrected chi connectivity index (χ1v) is 9.88. The van der Waals surface area contributed by atoms with Crippen LogP contribution in [0.1, 0.15) is 25.2 Å². The lowest BCUT2D eigenvalue weighted by Crippen LogP contribution is -2.38. The zero-order valence-corrected chi connectivity index (χ0v) is 16.6. The number of nitrogens with zero attached hydrogens (tertiary/aromatic N) is 4. The second-order valence-corrected chi connectivity index (χ2v) is 7.46. The number of anilines is 1. The standard InChI is InChI=1S/C20H22FN5OS/c1-14(2)25(16-9-4-3-5-10-16)19(27)13-28-20-24-23-18(26(20)22)12-15-8-6-7-11-17(15)21/h3-11,14H,12-13,22H2,1-2H3. The van der Waals surface area contributed by atoms with Crippen molar-refractivity contribution < 1.29 is 9.18 Å². The summed E-state index contributed by atoms with van der Waals surface area (Å²) in [6, 6.07) is 16.0. The number of carbonyl (C=O) groups is 1. The number of hydrogen-bond acceptors (Lipinski definition) is 5. The molecule has 8 heteroatoms. The van der Waals surface area contributed by atoms with Crippen LogP contribution in [-0.2, 0) is 11.2 Å². The molecule has 0 atom stereocenters. The van der Waals surface area contributed by atoms with Crippen LogP contribution in [0.2, 0.25) is 0 Å². The summed E-state index contributed by atoms with van der Waals surface area (Å²) < 4.78 is 15.2. The first-order valence-electron chi connectivity index (χ1n) is 8.90. The van der Waals surface area contributed by atoms with E-state index in [1.54, 1.807) is 23.1 Å². The number of aromatic nitrogens is 3. The summed E-state index contributed by atoms with van der Waals surface area (Å²) in [5.74, 6) is 6.30. The number of hydrogen-bond donors (Lipinski definition) is 1. The third kappa shape index (κ3) is 4.51. The Morgan fingerprint density at radius 2 is 1.82 bits per heavy atom. The number of nitrogen functional groups attached to an aromatic ring is 1. The number of para-hydroxylation sites is 1. The van der Waals surface area contributed by atoms with Crippen LogP contribution >= 0.6 is 11.8 Å². The minimum absolute atomic E-state index is 0.0165. The van der Waals surface area contributed by atoms with Crippen molar-refractivity contribution in [1.29, 1.82) is 0 Å². The minimum Gasteiger partial charge on any atom is -0.336 e. The summed E-state index contributed by atoms with van der Waals surface area (Å²) in [5, 5.41) is 8.51. The number of halogens is 1. The fourth-order valence-corrected chi connectivity index (χ4v) is 3.59. The molecule has 2 aromatic carbocycles. The van der Waals surface area contributed by atoms with Crippen LogP contribution < -0.4 is 10.7 Å². The van der Waals surface area contributed by atoms with Gasteiger partial charge in [-0.1, -0.05) is 48.2 Å². The van der Waals surface area contributed by atoms with Crippen molar-refractivity contribution in [3.05, 3.63) is 71.8 Å². The van der Waals surface area contributed by atoms with Crippen LogP contribution in [-0.4, -0.2) is 32.6 Å². The van der Waals surface area contributed by atoms with Gasteiger partial charge in [0.1, 0.15) is 5.82 Å². The van der Waals surface area contributed by atoms with E-state index in [1.807, 2.05) is 44.2 Å². The number of nitrogens with two attached hydrogens (primary N) is 1. The number of amides is 1. The molecule has 1 amide bonds. The van der Waals surface area contributed by atoms with Crippen molar-refractivity contribution in [2.45, 2.75) is 31.5 Å². The van der Waals surface area contributed by atoms with Gasteiger partial charge in [0, 0.05) is 18.2 Å². The molecule has 1 aromatic heterocycles. The molecule has 0 unspecified atom stereocenters. The van der Waals surface area contributed by atoms with Gasteiger partial charge in [-0.15, -0.1) is 10.2 Å². The Hall–Kier alpha value is -2.87. The summed E-state index contributed by atoms with van der Waals surface area (Å²) in [6.45, 7) is 3.93. The molecule has 0 fully saturated rings. The topological polar surface area (TPSA) is 77.0 Å². The molecule has 146 valence electrons. The molecule has 0 saturated carbocycles. The Bertz CT molecular complexity index is 945. The van der Waals surface area contributed by atoms with Crippen molar-refractivity contribution in [1.82, 2.24) is 14.9 Å². The molecule has 3 aromatic rings. The monoisotopic (exact) mass is 399 g/mol. The van der Waals surface area contributed by atoms with Crippen molar-refractivity contribution in [2.24, 2.45) is 0 Å². The molecule has 0 aliphatic heterocycles. The van der Waals surface area contributed by atoms with Crippen LogP contribution in [0.3, 0.4) is 0 Å². The van der Waals surface area contributed by atoms with Crippen molar-refractivity contribution in [3.63, 3.8) is 0 Å². The summed E-state index contributed by atoms with van der Waals surface area (Å²) in [5.41, 5.74) is 1.34. The number of thioether (sulfide) groups is 1. The van der Waals surface area contributed by atoms with Gasteiger partial charge in [0.15, 0.2) is 5.82 Å². The van der Waals surface area contributed by atoms with Gasteiger partial charge < -0.3 is 10.7 Å². The van der Waals surface area contributed by atoms with Gasteiger partial charge >= 0.3 is 0 Å². The summed E-state index contributed by atoms with van der Waals surface area (Å²) in [6.07, 6.45) is 0.229. The van der Waals surface area contributed by atoms with E-state index in [-0.39, 0.29) is 29.9 Å². The normalized spacial score (nSPS) is 11.0. The van der Waals surface area contributed by atoms with Crippen LogP contribution in [0.4, 0.5) is 10.1 Å². The number of carbonyl (C=O) groups excluding carboxylic acids is 1. The lowest BCUT2D eigenvalue weighted by Gasteiger charge is -2.26. The Morgan fingerprint density at radius 1 is 1.14 bits per heavy atom. The average molecular weight is 399 g/mol. The number of benzene rings is 2. The number of rotatable bonds is 7. The largest absolute Gasteiger partial charge is 0.336 e. The van der Waals surface area contributed by atoms with E-state index in [1.165, 1.54) is 22.5 Å². The maximum absolute atomic E-state index is 13.8. The molecule has 0 bridgehead atoms. The SMILES string of the molecule is CC(C)N(C(=O)CSc1nnc(Cc2ccccc2F)n1N)c1ccccc1. The minimum atomic E-state index is -0.315. The van der Waals surface area contributed by atoms with E-state index < -0.39 is 0 Å². The smallest absolute Gasteiger partial charge is 0.237 e. The molecule has 3 rings (SSSR count). The van der Waals surface area contributed by atoms with E-state index >= 15 is 0 Å². The molecule has 0 radical (unpaired) electrons. The molecule has 1 heterocycles. The Labute approximate surface area is 167 Å². The second kappa shape index (κ2) is 8.88. The zero-order valence-electron chi connectivity index (χ0n) is 15.7. The molecule has 0 spiro atoms. The lowest BCUT2D eigenvalue weighted by molar-refractivity contribution is -0.116. The van der Waals surface area contributed by atoms with Gasteiger partial charge in [-0.2, -0.15) is 0 Å². The molecular weight excluding hydrogens is 377 g/mol. The van der Waals surface area contributed by atoms with Gasteiger partial charge in [0.2, 0.25) is 11.1 Å². The highest BCUT2D eigenvalue weighted by Gasteiger charge is 2.21. The van der Waals surface area contributed by atoms with Crippen LogP contribution in [0.25, 0.3) is 0 Å². The van der Waals surface area contributed by atoms with Crippen molar-refractivity contribution in [3.8, 4) is 0 Å². The van der Waals surface area contributed by atoms with Gasteiger partial charge in [-0.05, 0) is 37.6 Å². The van der Waals surface area contributed by atoms with E-state index in [0.29, 0.717) is 16.5 Å². The van der Waals surface area contributed by atoms with Gasteiger partial charge in [0.05, 0.1) is 5.75 Å². The third-order valence-corrected chi connectivity index (χ3v) is 5.11. The van der Waals surface area contributed by atoms with Crippen molar-refractivity contribution >= 4 is 23.4 Å². The third-order valence-electron chi connectivity index (χ3n) is 4.19. The van der Waals surface area contributed by atoms with Gasteiger partial charge in [0.25, 0.3) is 0 Å². The van der Waals surface area contributed by atoms with Crippen molar-refractivity contribution in [2.75, 3.05) is 16.5 Å². The molecule has 2 N–H and O–H groups in total. The molecule has 0 aliphatic rings. The first-order chi connectivity index (χ1) is 13.5. The Kier molecular flexibility index (Phi) is 6.30. The summed E-state index contributed by atoms with van der Waals surface area (Å²) in [4.78, 5) is 14.5. The van der Waals surface area contributed by atoms with E-state index in [2.05, 4.69) is 10.2 Å². The predicted octanol–water partition coefficient (Wildman–Crippen LogP) is 3.26. The Balaban J connectivity index is 1.68. The highest BCUT2D eigenvalue weighted by molar-refractivity contribution is 7.99. The van der Waals surface area contributed by atoms with Gasteiger partial charge in [-0.3, -0.25) is 4.79 Å². The molecule has 0 saturated heterocycles. The van der Waals surface area contributed by atoms with Crippen LogP contribution in [0.5, 0.6) is 0 Å².